The Morgan fingerprint density at radius 2 is 1.59 bits per heavy atom. The molecule has 8 rings (SSSR count). The fourth-order valence-corrected chi connectivity index (χ4v) is 11.4. The largest absolute Gasteiger partial charge is 0.393 e. The number of ketones is 2. The van der Waals surface area contributed by atoms with Gasteiger partial charge in [0.25, 0.3) is 5.56 Å². The molecule has 5 heterocycles. The van der Waals surface area contributed by atoms with Gasteiger partial charge in [0.2, 0.25) is 23.7 Å². The van der Waals surface area contributed by atoms with Gasteiger partial charge in [-0.2, -0.15) is 4.98 Å². The third kappa shape index (κ3) is 12.3. The van der Waals surface area contributed by atoms with Crippen molar-refractivity contribution in [3.8, 4) is 10.4 Å². The van der Waals surface area contributed by atoms with Gasteiger partial charge < -0.3 is 35.8 Å². The summed E-state index contributed by atoms with van der Waals surface area (Å²) < 4.78 is 1.69. The molecular formula is C54H69N11O7S. The van der Waals surface area contributed by atoms with Crippen molar-refractivity contribution >= 4 is 69.1 Å². The van der Waals surface area contributed by atoms with Crippen molar-refractivity contribution in [1.82, 2.24) is 44.9 Å². The number of hydrogen-bond acceptors (Lipinski definition) is 15. The summed E-state index contributed by atoms with van der Waals surface area (Å²) in [6.07, 6.45) is 7.10. The summed E-state index contributed by atoms with van der Waals surface area (Å²) in [6.45, 7) is 14.3. The number of aliphatic hydroxyl groups is 1. The van der Waals surface area contributed by atoms with Gasteiger partial charge in [0.05, 0.1) is 51.6 Å². The molecule has 18 nitrogen and oxygen atoms in total. The number of aliphatic hydroxyl groups excluding tert-OH is 1. The molecule has 388 valence electrons. The Kier molecular flexibility index (Phi) is 16.5. The van der Waals surface area contributed by atoms with E-state index in [-0.39, 0.29) is 72.3 Å². The van der Waals surface area contributed by atoms with E-state index in [1.54, 1.807) is 35.2 Å². The lowest BCUT2D eigenvalue weighted by Crippen LogP contribution is -2.53. The number of hydrogen-bond donors (Lipinski definition) is 4. The van der Waals surface area contributed by atoms with Crippen molar-refractivity contribution in [2.24, 2.45) is 17.3 Å². The van der Waals surface area contributed by atoms with E-state index in [1.165, 1.54) is 6.92 Å². The van der Waals surface area contributed by atoms with Crippen molar-refractivity contribution in [3.63, 3.8) is 0 Å². The number of fused-ring (bicyclic) bond motifs is 1. The third-order valence-electron chi connectivity index (χ3n) is 14.8. The zero-order valence-electron chi connectivity index (χ0n) is 43.1. The zero-order chi connectivity index (χ0) is 52.1. The van der Waals surface area contributed by atoms with Crippen LogP contribution in [0.4, 0.5) is 17.5 Å². The number of amides is 3. The first-order valence-electron chi connectivity index (χ1n) is 25.5. The normalized spacial score (nSPS) is 18.8. The number of rotatable bonds is 18. The van der Waals surface area contributed by atoms with E-state index in [1.807, 2.05) is 86.5 Å². The van der Waals surface area contributed by atoms with Gasteiger partial charge in [0.1, 0.15) is 11.5 Å². The van der Waals surface area contributed by atoms with Gasteiger partial charge in [-0.05, 0) is 87.7 Å². The number of benzene rings is 1. The fraction of sp³-hybridized carbons (Fsp3) is 0.519. The van der Waals surface area contributed by atoms with Gasteiger partial charge in [0, 0.05) is 82.2 Å². The molecule has 3 fully saturated rings. The van der Waals surface area contributed by atoms with Crippen LogP contribution in [-0.4, -0.2) is 127 Å². The Morgan fingerprint density at radius 3 is 2.23 bits per heavy atom. The molecule has 3 amide bonds. The number of anilines is 3. The maximum Gasteiger partial charge on any atom is 0.263 e. The topological polar surface area (TPSA) is 225 Å². The Bertz CT molecular complexity index is 2880. The van der Waals surface area contributed by atoms with E-state index in [0.29, 0.717) is 74.1 Å². The van der Waals surface area contributed by atoms with Crippen LogP contribution >= 0.6 is 11.3 Å². The minimum absolute atomic E-state index is 0.0235. The molecule has 4 N–H and O–H groups in total. The molecule has 1 unspecified atom stereocenters. The molecule has 73 heavy (non-hydrogen) atoms. The number of nitrogens with zero attached hydrogens (tertiary/aromatic N) is 8. The minimum Gasteiger partial charge on any atom is -0.393 e. The predicted molar refractivity (Wildman–Crippen MR) is 282 cm³/mol. The minimum atomic E-state index is -0.868. The monoisotopic (exact) mass is 1020 g/mol. The summed E-state index contributed by atoms with van der Waals surface area (Å²) in [5, 5.41) is 20.5. The van der Waals surface area contributed by atoms with E-state index < -0.39 is 29.4 Å². The Balaban J connectivity index is 0.774. The summed E-state index contributed by atoms with van der Waals surface area (Å²) >= 11 is 1.58. The molecule has 1 aromatic carbocycles. The predicted octanol–water partition coefficient (Wildman–Crippen LogP) is 6.15. The fourth-order valence-electron chi connectivity index (χ4n) is 10.6. The van der Waals surface area contributed by atoms with Crippen LogP contribution < -0.4 is 26.4 Å². The van der Waals surface area contributed by atoms with E-state index in [4.69, 9.17) is 4.98 Å². The highest BCUT2D eigenvalue weighted by Crippen LogP contribution is 2.37. The number of nitrogens with one attached hydrogen (secondary N) is 3. The quantitative estimate of drug-likeness (QED) is 0.0723. The first-order valence-corrected chi connectivity index (χ1v) is 26.4. The molecule has 2 saturated carbocycles. The Labute approximate surface area is 430 Å². The van der Waals surface area contributed by atoms with Gasteiger partial charge >= 0.3 is 0 Å². The number of pyridine rings is 2. The van der Waals surface area contributed by atoms with Crippen LogP contribution in [0.25, 0.3) is 21.5 Å². The molecular weight excluding hydrogens is 947 g/mol. The second-order valence-electron chi connectivity index (χ2n) is 21.1. The van der Waals surface area contributed by atoms with Crippen molar-refractivity contribution in [1.29, 1.82) is 0 Å². The lowest BCUT2D eigenvalue weighted by Gasteiger charge is -2.36. The van der Waals surface area contributed by atoms with Gasteiger partial charge in [-0.3, -0.25) is 33.3 Å². The standard InChI is InChI=1S/C54H69N11O7S/c1-32-42-30-57-53(61-50(42)65(37-10-8-9-11-37)52(72)46(32)34(3)66)59-43-17-16-38(29-55-43)63-22-24-64(25-23-63)45(69)19-21-62(7)20-18-44(68)60-49(54(4,5)6)47(70)40-26-39(67)27-41(40)51(71)56-28-35-12-14-36(15-13-35)48-33(2)58-31-73-48/h12-17,29-31,37,39-41,49,67H,8-11,18-28H2,1-7H3,(H,56,71)(H,60,68)(H,55,57,59,61)/t39-,40?,41+,49+/m0/s1. The van der Waals surface area contributed by atoms with Crippen molar-refractivity contribution in [2.45, 2.75) is 118 Å². The molecule has 4 aromatic heterocycles. The van der Waals surface area contributed by atoms with E-state index in [9.17, 15) is 33.9 Å². The molecule has 19 heteroatoms. The molecule has 0 spiro atoms. The first-order chi connectivity index (χ1) is 34.9. The van der Waals surface area contributed by atoms with Crippen molar-refractivity contribution in [2.75, 3.05) is 56.5 Å². The number of aryl methyl sites for hydroxylation is 2. The summed E-state index contributed by atoms with van der Waals surface area (Å²) in [7, 11) is 1.86. The highest BCUT2D eigenvalue weighted by atomic mass is 32.1. The first kappa shape index (κ1) is 52.9. The SMILES string of the molecule is CC(=O)c1c(C)c2cnc(Nc3ccc(N4CCN(C(=O)CCN(C)CCC(=O)N[C@H](C(=O)C5C[C@H](O)C[C@H]5C(=O)NCc5ccc(-c6scnc6C)cc5)C(C)(C)C)CC4)cn3)nc2n(C2CCCC2)c1=O. The molecule has 0 bridgehead atoms. The lowest BCUT2D eigenvalue weighted by atomic mass is 9.77. The average Bonchev–Trinajstić information content (AvgIpc) is 4.15. The lowest BCUT2D eigenvalue weighted by molar-refractivity contribution is -0.137. The smallest absolute Gasteiger partial charge is 0.263 e. The van der Waals surface area contributed by atoms with E-state index in [0.717, 1.165) is 53.1 Å². The Hall–Kier alpha value is -6.44. The number of aromatic nitrogens is 5. The van der Waals surface area contributed by atoms with Gasteiger partial charge in [-0.15, -0.1) is 11.3 Å². The van der Waals surface area contributed by atoms with Crippen LogP contribution in [0.5, 0.6) is 0 Å². The van der Waals surface area contributed by atoms with Crippen LogP contribution in [-0.2, 0) is 25.7 Å². The molecule has 5 aromatic rings. The number of carbonyl (C=O) groups is 5. The van der Waals surface area contributed by atoms with Crippen LogP contribution in [0.2, 0.25) is 0 Å². The van der Waals surface area contributed by atoms with E-state index in [2.05, 4.69) is 35.8 Å². The van der Waals surface area contributed by atoms with Crippen LogP contribution in [0.1, 0.15) is 112 Å². The number of piperazine rings is 1. The second kappa shape index (κ2) is 22.8. The maximum atomic E-state index is 14.2. The Morgan fingerprint density at radius 1 is 0.890 bits per heavy atom. The number of carbonyl (C=O) groups excluding carboxylic acids is 5. The third-order valence-corrected chi connectivity index (χ3v) is 15.8. The molecule has 2 aliphatic carbocycles. The van der Waals surface area contributed by atoms with Crippen LogP contribution in [0, 0.1) is 31.1 Å². The number of thiazole rings is 1. The highest BCUT2D eigenvalue weighted by Gasteiger charge is 2.47. The zero-order valence-corrected chi connectivity index (χ0v) is 43.9. The van der Waals surface area contributed by atoms with Crippen LogP contribution in [0.15, 0.2) is 59.1 Å². The van der Waals surface area contributed by atoms with Gasteiger partial charge in [-0.25, -0.2) is 15.0 Å². The summed E-state index contributed by atoms with van der Waals surface area (Å²) in [4.78, 5) is 106. The van der Waals surface area contributed by atoms with Crippen LogP contribution in [0.3, 0.4) is 0 Å². The van der Waals surface area contributed by atoms with Gasteiger partial charge in [-0.1, -0.05) is 57.9 Å². The molecule has 3 aliphatic rings. The molecule has 4 atom stereocenters. The average molecular weight is 1020 g/mol. The molecule has 1 saturated heterocycles. The maximum absolute atomic E-state index is 14.2. The summed E-state index contributed by atoms with van der Waals surface area (Å²) in [5.74, 6) is -1.72. The van der Waals surface area contributed by atoms with Crippen molar-refractivity contribution < 1.29 is 29.1 Å². The molecule has 0 radical (unpaired) electrons. The highest BCUT2D eigenvalue weighted by molar-refractivity contribution is 7.13. The van der Waals surface area contributed by atoms with E-state index >= 15 is 0 Å². The molecule has 1 aliphatic heterocycles. The number of Topliss-reactive ketones (excluding diaryl/α,β-unsaturated/α-hetero) is 2. The van der Waals surface area contributed by atoms with Gasteiger partial charge in [0.15, 0.2) is 11.6 Å². The van der Waals surface area contributed by atoms with Crippen molar-refractivity contribution in [3.05, 3.63) is 87.0 Å². The summed E-state index contributed by atoms with van der Waals surface area (Å²) in [6, 6.07) is 10.8. The summed E-state index contributed by atoms with van der Waals surface area (Å²) in [5.41, 5.74) is 5.99. The second-order valence-corrected chi connectivity index (χ2v) is 21.9.